The summed E-state index contributed by atoms with van der Waals surface area (Å²) < 4.78 is 0. The van der Waals surface area contributed by atoms with Crippen LogP contribution in [0.4, 0.5) is 0 Å². The Bertz CT molecular complexity index is 4510. The van der Waals surface area contributed by atoms with Crippen molar-refractivity contribution in [2.75, 3.05) is 39.3 Å². The number of aliphatic hydroxyl groups is 1. The summed E-state index contributed by atoms with van der Waals surface area (Å²) in [4.78, 5) is 254. The zero-order chi connectivity index (χ0) is 97.2. The standard InChI is InChI=1S/C87H129N21O23/c1-9-47(6)70(104-81(125)69(46(4)5)103-74(118)57(22-15-35-93-87(91)92)96-72(116)48(7)95-78(122)63-24-16-36-106(63)66(113)44-94-77(121)62-23-17-37-107(62)84(128)55(89)42-67(114)115)82(126)99-58(39-51-26-30-53(110)31-27-51)76(120)105-71(49(8)109)83(127)100-60(40-52-28-32-54(111)33-29-52)85(129)108-38-18-25-64(108)79(123)98-59(43-65(90)112)75(119)97-56(21-13-14-34-88)73(117)102-68(45(2)3)80(124)101-61(86(130)131)41-50-19-11-10-12-20-50/h10-12,19-20,26-33,45-49,55-64,68-71,109-111H,9,13-18,21-25,34-44,88-89H2,1-8H3,(H2,90,112)(H,94,121)(H,95,122)(H,96,116)(H,97,119)(H,98,123)(H,99,126)(H,100,127)(H,101,124)(H,102,117)(H,103,118)(H,104,125)(H,105,120)(H,114,115)(H,130,131)(H4,91,92,93)/t47-,48-,49+,55-,56-,57-,58-,59-,60-,61-,62-,63-,64-,68-,69-,70-,71-/m0/s1. The highest BCUT2D eigenvalue weighted by Crippen LogP contribution is 2.25. The van der Waals surface area contributed by atoms with E-state index in [4.69, 9.17) is 33.5 Å². The highest BCUT2D eigenvalue weighted by molar-refractivity contribution is 6.02. The third kappa shape index (κ3) is 33.1. The lowest BCUT2D eigenvalue weighted by molar-refractivity contribution is -0.144. The molecule has 6 rings (SSSR count). The van der Waals surface area contributed by atoms with Crippen LogP contribution in [-0.4, -0.2) is 289 Å². The molecule has 3 aromatic carbocycles. The summed E-state index contributed by atoms with van der Waals surface area (Å²) in [5.74, 6) is -20.2. The van der Waals surface area contributed by atoms with Crippen LogP contribution in [0, 0.1) is 23.2 Å². The molecule has 3 aromatic rings. The van der Waals surface area contributed by atoms with Crippen LogP contribution in [0.5, 0.6) is 11.5 Å². The first-order valence-electron chi connectivity index (χ1n) is 44.0. The first kappa shape index (κ1) is 107. The summed E-state index contributed by atoms with van der Waals surface area (Å²) in [6.07, 6.45) is -2.19. The average Bonchev–Trinajstić information content (AvgIpc) is 1.73. The van der Waals surface area contributed by atoms with Gasteiger partial charge in [0.15, 0.2) is 5.96 Å². The lowest BCUT2D eigenvalue weighted by Gasteiger charge is -2.32. The van der Waals surface area contributed by atoms with E-state index < -0.39 is 246 Å². The van der Waals surface area contributed by atoms with Crippen LogP contribution < -0.4 is 92.1 Å². The maximum Gasteiger partial charge on any atom is 0.326 e. The number of carboxylic acids is 2. The predicted octanol–water partition coefficient (Wildman–Crippen LogP) is -4.54. The van der Waals surface area contributed by atoms with Crippen LogP contribution in [0.15, 0.2) is 78.9 Å². The number of aliphatic hydroxyl groups excluding tert-OH is 1. The van der Waals surface area contributed by atoms with Crippen LogP contribution in [0.3, 0.4) is 0 Å². The van der Waals surface area contributed by atoms with Gasteiger partial charge in [-0.25, -0.2) is 4.79 Å². The number of nitrogens with one attached hydrogen (secondary N) is 14. The minimum Gasteiger partial charge on any atom is -0.508 e. The van der Waals surface area contributed by atoms with E-state index >= 15 is 9.59 Å². The molecular formula is C87H129N21O23. The Hall–Kier alpha value is -13.1. The van der Waals surface area contributed by atoms with Gasteiger partial charge in [-0.15, -0.1) is 0 Å². The number of carboxylic acid groups (broad SMARTS) is 2. The molecule has 0 aliphatic carbocycles. The first-order chi connectivity index (χ1) is 61.9. The number of guanidine groups is 1. The fourth-order valence-electron chi connectivity index (χ4n) is 15.4. The molecule has 0 radical (unpaired) electrons. The van der Waals surface area contributed by atoms with Gasteiger partial charge in [0.1, 0.15) is 96.1 Å². The van der Waals surface area contributed by atoms with Crippen molar-refractivity contribution in [3.63, 3.8) is 0 Å². The van der Waals surface area contributed by atoms with Gasteiger partial charge in [-0.1, -0.05) is 103 Å². The molecule has 3 fully saturated rings. The maximum atomic E-state index is 15.2. The Balaban J connectivity index is 1.17. The highest BCUT2D eigenvalue weighted by atomic mass is 16.4. The van der Waals surface area contributed by atoms with Crippen molar-refractivity contribution < 1.29 is 112 Å². The Kier molecular flexibility index (Phi) is 42.3. The fourth-order valence-corrected chi connectivity index (χ4v) is 15.4. The molecule has 3 saturated heterocycles. The largest absolute Gasteiger partial charge is 0.508 e. The highest BCUT2D eigenvalue weighted by Gasteiger charge is 2.45. The number of carbonyl (C=O) groups excluding carboxylic acids is 16. The number of rotatable bonds is 51. The van der Waals surface area contributed by atoms with Gasteiger partial charge >= 0.3 is 11.9 Å². The summed E-state index contributed by atoms with van der Waals surface area (Å²) in [7, 11) is 0. The Morgan fingerprint density at radius 1 is 0.443 bits per heavy atom. The molecule has 27 N–H and O–H groups in total. The molecule has 0 aromatic heterocycles. The summed E-state index contributed by atoms with van der Waals surface area (Å²) in [6.45, 7) is 11.8. The fraction of sp³-hybridized carbons (Fsp3) is 0.575. The normalized spacial score (nSPS) is 17.9. The lowest BCUT2D eigenvalue weighted by Crippen LogP contribution is -2.63. The van der Waals surface area contributed by atoms with Crippen molar-refractivity contribution in [3.05, 3.63) is 95.6 Å². The third-order valence-corrected chi connectivity index (χ3v) is 22.9. The topological polar surface area (TPSA) is 702 Å². The van der Waals surface area contributed by atoms with Crippen LogP contribution in [-0.2, 0) is 106 Å². The number of benzene rings is 3. The second-order valence-electron chi connectivity index (χ2n) is 33.9. The van der Waals surface area contributed by atoms with Crippen LogP contribution in [0.25, 0.3) is 0 Å². The second kappa shape index (κ2) is 51.9. The van der Waals surface area contributed by atoms with Crippen molar-refractivity contribution in [1.29, 1.82) is 5.41 Å². The number of hydrogen-bond donors (Lipinski definition) is 23. The quantitative estimate of drug-likeness (QED) is 0.0144. The van der Waals surface area contributed by atoms with Crippen molar-refractivity contribution >= 4 is 112 Å². The average molecular weight is 1840 g/mol. The van der Waals surface area contributed by atoms with E-state index in [1.807, 2.05) is 0 Å². The molecule has 0 bridgehead atoms. The number of phenolic OH excluding ortho intramolecular Hbond substituents is 2. The van der Waals surface area contributed by atoms with E-state index in [0.717, 1.165) is 11.8 Å². The number of primary amides is 1. The van der Waals surface area contributed by atoms with Gasteiger partial charge in [-0.2, -0.15) is 0 Å². The molecule has 3 aliphatic heterocycles. The van der Waals surface area contributed by atoms with E-state index in [1.54, 1.807) is 71.9 Å². The molecule has 0 unspecified atom stereocenters. The van der Waals surface area contributed by atoms with Gasteiger partial charge in [0.2, 0.25) is 94.5 Å². The van der Waals surface area contributed by atoms with Gasteiger partial charge in [-0.05, 0) is 150 Å². The summed E-state index contributed by atoms with van der Waals surface area (Å²) in [6, 6.07) is -2.68. The third-order valence-electron chi connectivity index (χ3n) is 22.9. The Labute approximate surface area is 758 Å². The van der Waals surface area contributed by atoms with Crippen LogP contribution >= 0.6 is 0 Å². The van der Waals surface area contributed by atoms with Crippen molar-refractivity contribution in [2.45, 2.75) is 261 Å². The lowest BCUT2D eigenvalue weighted by atomic mass is 9.95. The number of unbranched alkanes of at least 4 members (excludes halogenated alkanes) is 1. The second-order valence-corrected chi connectivity index (χ2v) is 33.9. The van der Waals surface area contributed by atoms with Gasteiger partial charge in [0.05, 0.1) is 31.5 Å². The molecule has 3 heterocycles. The molecule has 44 heteroatoms. The molecule has 17 atom stereocenters. The van der Waals surface area contributed by atoms with Crippen molar-refractivity contribution in [3.8, 4) is 11.5 Å². The number of nitrogens with two attached hydrogens (primary N) is 4. The number of amides is 16. The van der Waals surface area contributed by atoms with Gasteiger partial charge in [0.25, 0.3) is 0 Å². The summed E-state index contributed by atoms with van der Waals surface area (Å²) >= 11 is 0. The SMILES string of the molecule is CC[C@H](C)[C@H](NC(=O)[C@@H](NC(=O)[C@H](CCCNC(=N)N)NC(=O)[C@H](C)NC(=O)[C@@H]1CCCN1C(=O)CNC(=O)[C@@H]1CCCN1C(=O)[C@@H](N)CC(=O)O)C(C)C)C(=O)N[C@@H](Cc1ccc(O)cc1)C(=O)N[C@H](C(=O)N[C@@H](Cc1ccc(O)cc1)C(=O)N1CCC[C@H]1C(=O)N[C@@H](CC(N)=O)C(=O)N[C@@H](CCCCN)C(=O)N[C@H](C(=O)N[C@@H](Cc1ccccc1)C(=O)O)C(C)C)[C@@H](C)O. The Morgan fingerprint density at radius 2 is 0.863 bits per heavy atom. The smallest absolute Gasteiger partial charge is 0.326 e. The molecule has 0 saturated carbocycles. The molecule has 3 aliphatic rings. The van der Waals surface area contributed by atoms with Gasteiger partial charge in [-0.3, -0.25) is 86.9 Å². The number of aromatic hydroxyl groups is 2. The number of carbonyl (C=O) groups is 18. The van der Waals surface area contributed by atoms with E-state index in [2.05, 4.69) is 69.1 Å². The summed E-state index contributed by atoms with van der Waals surface area (Å²) in [5.41, 5.74) is 24.0. The number of aliphatic carboxylic acids is 2. The first-order valence-corrected chi connectivity index (χ1v) is 44.0. The van der Waals surface area contributed by atoms with E-state index in [-0.39, 0.29) is 121 Å². The minimum absolute atomic E-state index is 0.0330. The number of likely N-dealkylation sites (tertiary alicyclic amines) is 3. The maximum absolute atomic E-state index is 15.2. The molecule has 720 valence electrons. The number of phenols is 2. The molecule has 16 amide bonds. The monoisotopic (exact) mass is 1840 g/mol. The van der Waals surface area contributed by atoms with Gasteiger partial charge < -0.3 is 132 Å². The molecular weight excluding hydrogens is 1710 g/mol. The molecule has 44 nitrogen and oxygen atoms in total. The van der Waals surface area contributed by atoms with Crippen molar-refractivity contribution in [1.82, 2.24) is 83.8 Å². The molecule has 0 spiro atoms. The predicted molar refractivity (Wildman–Crippen MR) is 472 cm³/mol. The number of nitrogens with zero attached hydrogens (tertiary/aromatic N) is 3. The number of hydrogen-bond acceptors (Lipinski definition) is 24. The minimum atomic E-state index is -1.96. The van der Waals surface area contributed by atoms with Crippen molar-refractivity contribution in [2.24, 2.45) is 40.7 Å². The zero-order valence-electron chi connectivity index (χ0n) is 75.0. The summed E-state index contributed by atoms with van der Waals surface area (Å²) in [5, 5.41) is 92.4. The van der Waals surface area contributed by atoms with Gasteiger partial charge in [0, 0.05) is 45.4 Å². The van der Waals surface area contributed by atoms with Crippen LogP contribution in [0.1, 0.15) is 162 Å². The zero-order valence-corrected chi connectivity index (χ0v) is 75.0. The van der Waals surface area contributed by atoms with Crippen LogP contribution in [0.2, 0.25) is 0 Å². The molecule has 131 heavy (non-hydrogen) atoms. The van der Waals surface area contributed by atoms with E-state index in [9.17, 15) is 97.1 Å². The Morgan fingerprint density at radius 3 is 1.37 bits per heavy atom. The van der Waals surface area contributed by atoms with E-state index in [0.29, 0.717) is 36.0 Å². The van der Waals surface area contributed by atoms with E-state index in [1.165, 1.54) is 65.3 Å².